The summed E-state index contributed by atoms with van der Waals surface area (Å²) in [6.07, 6.45) is 4.97. The van der Waals surface area contributed by atoms with Gasteiger partial charge in [-0.25, -0.2) is 0 Å². The minimum atomic E-state index is 0.401. The van der Waals surface area contributed by atoms with Crippen LogP contribution in [0.1, 0.15) is 18.0 Å². The Hall–Kier alpha value is -0.740. The van der Waals surface area contributed by atoms with Crippen molar-refractivity contribution in [1.82, 2.24) is 10.3 Å². The molecule has 0 radical (unpaired) electrons. The lowest BCUT2D eigenvalue weighted by Crippen LogP contribution is -2.25. The number of thioether (sulfide) groups is 1. The zero-order valence-corrected chi connectivity index (χ0v) is 10.6. The van der Waals surface area contributed by atoms with Crippen molar-refractivity contribution >= 4 is 11.8 Å². The molecular weight excluding hydrogens is 220 g/mol. The molecule has 0 amide bonds. The smallest absolute Gasteiger partial charge is 0.137 e. The van der Waals surface area contributed by atoms with Crippen LogP contribution in [-0.2, 0) is 0 Å². The minimum Gasteiger partial charge on any atom is -0.495 e. The maximum absolute atomic E-state index is 5.22. The van der Waals surface area contributed by atoms with Gasteiger partial charge in [-0.1, -0.05) is 0 Å². The number of ether oxygens (including phenoxy) is 1. The Balaban J connectivity index is 2.18. The predicted molar refractivity (Wildman–Crippen MR) is 68.0 cm³/mol. The highest BCUT2D eigenvalue weighted by Crippen LogP contribution is 2.34. The summed E-state index contributed by atoms with van der Waals surface area (Å²) in [7, 11) is 3.70. The molecule has 3 nitrogen and oxygen atoms in total. The first-order valence-electron chi connectivity index (χ1n) is 5.59. The van der Waals surface area contributed by atoms with E-state index in [1.165, 1.54) is 23.5 Å². The lowest BCUT2D eigenvalue weighted by Gasteiger charge is -2.22. The molecule has 1 aromatic heterocycles. The Kier molecular flexibility index (Phi) is 4.07. The summed E-state index contributed by atoms with van der Waals surface area (Å²) < 4.78 is 5.22. The molecule has 1 saturated heterocycles. The van der Waals surface area contributed by atoms with Crippen molar-refractivity contribution in [2.45, 2.75) is 12.5 Å². The van der Waals surface area contributed by atoms with Gasteiger partial charge < -0.3 is 10.1 Å². The van der Waals surface area contributed by atoms with Crippen molar-refractivity contribution < 1.29 is 4.74 Å². The van der Waals surface area contributed by atoms with E-state index in [2.05, 4.69) is 16.4 Å². The van der Waals surface area contributed by atoms with E-state index in [0.29, 0.717) is 12.0 Å². The molecule has 1 aliphatic heterocycles. The molecule has 2 unspecified atom stereocenters. The van der Waals surface area contributed by atoms with Crippen molar-refractivity contribution in [3.63, 3.8) is 0 Å². The average molecular weight is 238 g/mol. The van der Waals surface area contributed by atoms with Crippen molar-refractivity contribution in [2.24, 2.45) is 5.92 Å². The van der Waals surface area contributed by atoms with Crippen LogP contribution in [0.4, 0.5) is 0 Å². The van der Waals surface area contributed by atoms with Gasteiger partial charge in [0.15, 0.2) is 0 Å². The van der Waals surface area contributed by atoms with Crippen molar-refractivity contribution in [3.8, 4) is 5.75 Å². The van der Waals surface area contributed by atoms with E-state index < -0.39 is 0 Å². The standard InChI is InChI=1S/C12H18N2OS/c1-13-12(9-3-4-16-8-9)10-5-11(15-2)7-14-6-10/h5-7,9,12-13H,3-4,8H2,1-2H3. The van der Waals surface area contributed by atoms with E-state index in [-0.39, 0.29) is 0 Å². The summed E-state index contributed by atoms with van der Waals surface area (Å²) >= 11 is 2.04. The second-order valence-corrected chi connectivity index (χ2v) is 5.20. The van der Waals surface area contributed by atoms with Crippen LogP contribution in [-0.4, -0.2) is 30.6 Å². The Labute approximate surface area is 101 Å². The van der Waals surface area contributed by atoms with E-state index in [0.717, 1.165) is 5.75 Å². The van der Waals surface area contributed by atoms with Crippen LogP contribution in [0, 0.1) is 5.92 Å². The van der Waals surface area contributed by atoms with E-state index in [1.807, 2.05) is 25.0 Å². The fourth-order valence-electron chi connectivity index (χ4n) is 2.21. The van der Waals surface area contributed by atoms with Gasteiger partial charge in [-0.3, -0.25) is 4.98 Å². The fourth-order valence-corrected chi connectivity index (χ4v) is 3.51. The second-order valence-electron chi connectivity index (χ2n) is 4.05. The number of nitrogens with one attached hydrogen (secondary N) is 1. The number of methoxy groups -OCH3 is 1. The monoisotopic (exact) mass is 238 g/mol. The molecule has 16 heavy (non-hydrogen) atoms. The molecule has 1 aliphatic rings. The molecule has 4 heteroatoms. The number of nitrogens with zero attached hydrogens (tertiary/aromatic N) is 1. The highest BCUT2D eigenvalue weighted by atomic mass is 32.2. The normalized spacial score (nSPS) is 22.0. The second kappa shape index (κ2) is 5.55. The molecule has 1 N–H and O–H groups in total. The fraction of sp³-hybridized carbons (Fsp3) is 0.583. The average Bonchev–Trinajstić information content (AvgIpc) is 2.84. The maximum atomic E-state index is 5.22. The van der Waals surface area contributed by atoms with Crippen LogP contribution in [0.25, 0.3) is 0 Å². The largest absolute Gasteiger partial charge is 0.495 e. The third kappa shape index (κ3) is 2.50. The van der Waals surface area contributed by atoms with Gasteiger partial charge in [0, 0.05) is 12.2 Å². The molecule has 2 heterocycles. The highest BCUT2D eigenvalue weighted by Gasteiger charge is 2.25. The number of hydrogen-bond donors (Lipinski definition) is 1. The van der Waals surface area contributed by atoms with Gasteiger partial charge in [-0.15, -0.1) is 0 Å². The Morgan fingerprint density at radius 2 is 2.44 bits per heavy atom. The summed E-state index contributed by atoms with van der Waals surface area (Å²) in [5, 5.41) is 3.40. The van der Waals surface area contributed by atoms with Gasteiger partial charge in [-0.2, -0.15) is 11.8 Å². The Morgan fingerprint density at radius 1 is 1.56 bits per heavy atom. The molecular formula is C12H18N2OS. The predicted octanol–water partition coefficient (Wildman–Crippen LogP) is 2.10. The number of aromatic nitrogens is 1. The first-order chi connectivity index (χ1) is 7.85. The molecule has 1 aromatic rings. The molecule has 2 atom stereocenters. The number of hydrogen-bond acceptors (Lipinski definition) is 4. The minimum absolute atomic E-state index is 0.401. The van der Waals surface area contributed by atoms with Gasteiger partial charge in [0.25, 0.3) is 0 Å². The van der Waals surface area contributed by atoms with E-state index in [1.54, 1.807) is 13.3 Å². The molecule has 0 aromatic carbocycles. The Morgan fingerprint density at radius 3 is 3.06 bits per heavy atom. The highest BCUT2D eigenvalue weighted by molar-refractivity contribution is 7.99. The first-order valence-corrected chi connectivity index (χ1v) is 6.74. The van der Waals surface area contributed by atoms with Crippen LogP contribution >= 0.6 is 11.8 Å². The van der Waals surface area contributed by atoms with Crippen LogP contribution in [0.2, 0.25) is 0 Å². The summed E-state index contributed by atoms with van der Waals surface area (Å²) in [6, 6.07) is 2.48. The van der Waals surface area contributed by atoms with Gasteiger partial charge in [0.05, 0.1) is 13.3 Å². The molecule has 0 saturated carbocycles. The Bertz CT molecular complexity index is 340. The van der Waals surface area contributed by atoms with Gasteiger partial charge >= 0.3 is 0 Å². The summed E-state index contributed by atoms with van der Waals surface area (Å²) in [5.74, 6) is 4.07. The quantitative estimate of drug-likeness (QED) is 0.871. The van der Waals surface area contributed by atoms with Crippen LogP contribution in [0.15, 0.2) is 18.5 Å². The van der Waals surface area contributed by atoms with E-state index >= 15 is 0 Å². The molecule has 1 fully saturated rings. The zero-order valence-electron chi connectivity index (χ0n) is 9.77. The molecule has 2 rings (SSSR count). The lowest BCUT2D eigenvalue weighted by molar-refractivity contribution is 0.400. The van der Waals surface area contributed by atoms with Crippen molar-refractivity contribution in [3.05, 3.63) is 24.0 Å². The maximum Gasteiger partial charge on any atom is 0.137 e. The summed E-state index contributed by atoms with van der Waals surface area (Å²) in [6.45, 7) is 0. The topological polar surface area (TPSA) is 34.2 Å². The molecule has 0 spiro atoms. The van der Waals surface area contributed by atoms with Gasteiger partial charge in [0.2, 0.25) is 0 Å². The van der Waals surface area contributed by atoms with Crippen LogP contribution in [0.5, 0.6) is 5.75 Å². The summed E-state index contributed by atoms with van der Waals surface area (Å²) in [5.41, 5.74) is 1.23. The lowest BCUT2D eigenvalue weighted by atomic mass is 9.93. The zero-order chi connectivity index (χ0) is 11.4. The molecule has 88 valence electrons. The van der Waals surface area contributed by atoms with Crippen LogP contribution in [0.3, 0.4) is 0 Å². The van der Waals surface area contributed by atoms with E-state index in [4.69, 9.17) is 4.74 Å². The number of pyridine rings is 1. The van der Waals surface area contributed by atoms with Crippen LogP contribution < -0.4 is 10.1 Å². The first kappa shape index (κ1) is 11.7. The third-order valence-electron chi connectivity index (χ3n) is 3.08. The van der Waals surface area contributed by atoms with Gasteiger partial charge in [-0.05, 0) is 42.5 Å². The number of rotatable bonds is 4. The van der Waals surface area contributed by atoms with Crippen molar-refractivity contribution in [2.75, 3.05) is 25.7 Å². The SMILES string of the molecule is CNC(c1cncc(OC)c1)C1CCSC1. The van der Waals surface area contributed by atoms with E-state index in [9.17, 15) is 0 Å². The molecule has 0 aliphatic carbocycles. The van der Waals surface area contributed by atoms with Gasteiger partial charge in [0.1, 0.15) is 5.75 Å². The third-order valence-corrected chi connectivity index (χ3v) is 4.26. The molecule has 0 bridgehead atoms. The summed E-state index contributed by atoms with van der Waals surface area (Å²) in [4.78, 5) is 4.22. The van der Waals surface area contributed by atoms with Crippen molar-refractivity contribution in [1.29, 1.82) is 0 Å².